The van der Waals surface area contributed by atoms with Crippen LogP contribution in [0.1, 0.15) is 6.42 Å². The number of rotatable bonds is 1. The molecule has 1 aliphatic rings. The highest BCUT2D eigenvalue weighted by Gasteiger charge is 2.11. The van der Waals surface area contributed by atoms with Crippen LogP contribution < -0.4 is 0 Å². The molecule has 0 atom stereocenters. The number of morpholine rings is 1. The fourth-order valence-electron chi connectivity index (χ4n) is 1.01. The molecule has 1 aliphatic heterocycles. The monoisotopic (exact) mass is 169 g/mol. The van der Waals surface area contributed by atoms with Crippen LogP contribution in [-0.4, -0.2) is 36.2 Å². The minimum Gasteiger partial charge on any atom is -0.378 e. The largest absolute Gasteiger partial charge is 0.378 e. The lowest BCUT2D eigenvalue weighted by Gasteiger charge is -2.28. The molecule has 1 fully saturated rings. The van der Waals surface area contributed by atoms with Crippen LogP contribution in [0.2, 0.25) is 0 Å². The SMILES string of the molecule is C#CCC(=S)N1CCOCC1. The molecule has 0 saturated carbocycles. The normalized spacial score (nSPS) is 17.5. The molecule has 0 spiro atoms. The molecule has 1 rings (SSSR count). The zero-order valence-corrected chi connectivity index (χ0v) is 7.19. The maximum atomic E-state index is 5.18. The second-order valence-electron chi connectivity index (χ2n) is 2.37. The molecule has 2 nitrogen and oxygen atoms in total. The van der Waals surface area contributed by atoms with Gasteiger partial charge in [-0.3, -0.25) is 0 Å². The van der Waals surface area contributed by atoms with Gasteiger partial charge in [0.15, 0.2) is 0 Å². The average molecular weight is 169 g/mol. The Morgan fingerprint density at radius 2 is 2.18 bits per heavy atom. The first-order valence-electron chi connectivity index (χ1n) is 3.63. The summed E-state index contributed by atoms with van der Waals surface area (Å²) in [6.07, 6.45) is 5.72. The molecule has 1 heterocycles. The number of terminal acetylenes is 1. The van der Waals surface area contributed by atoms with Crippen LogP contribution in [-0.2, 0) is 4.74 Å². The Hall–Kier alpha value is -0.590. The lowest BCUT2D eigenvalue weighted by Crippen LogP contribution is -2.39. The first-order valence-corrected chi connectivity index (χ1v) is 4.04. The van der Waals surface area contributed by atoms with Crippen molar-refractivity contribution in [2.45, 2.75) is 6.42 Å². The van der Waals surface area contributed by atoms with Gasteiger partial charge >= 0.3 is 0 Å². The predicted octanol–water partition coefficient (Wildman–Crippen LogP) is 0.669. The number of hydrogen-bond donors (Lipinski definition) is 0. The van der Waals surface area contributed by atoms with Gasteiger partial charge in [-0.1, -0.05) is 18.1 Å². The molecular weight excluding hydrogens is 158 g/mol. The van der Waals surface area contributed by atoms with Gasteiger partial charge in [-0.2, -0.15) is 0 Å². The molecule has 3 heteroatoms. The van der Waals surface area contributed by atoms with Crippen LogP contribution in [0.3, 0.4) is 0 Å². The van der Waals surface area contributed by atoms with Crippen molar-refractivity contribution in [3.05, 3.63) is 0 Å². The summed E-state index contributed by atoms with van der Waals surface area (Å²) in [7, 11) is 0. The maximum absolute atomic E-state index is 5.18. The third-order valence-electron chi connectivity index (χ3n) is 1.62. The van der Waals surface area contributed by atoms with Gasteiger partial charge in [0.05, 0.1) is 24.6 Å². The van der Waals surface area contributed by atoms with E-state index in [2.05, 4.69) is 10.8 Å². The van der Waals surface area contributed by atoms with E-state index in [1.807, 2.05) is 0 Å². The fraction of sp³-hybridized carbons (Fsp3) is 0.625. The van der Waals surface area contributed by atoms with Crippen molar-refractivity contribution in [3.63, 3.8) is 0 Å². The van der Waals surface area contributed by atoms with E-state index in [4.69, 9.17) is 23.4 Å². The Kier molecular flexibility index (Phi) is 3.34. The van der Waals surface area contributed by atoms with Crippen molar-refractivity contribution in [2.75, 3.05) is 26.3 Å². The predicted molar refractivity (Wildman–Crippen MR) is 48.4 cm³/mol. The molecule has 11 heavy (non-hydrogen) atoms. The number of thiocarbonyl (C=S) groups is 1. The van der Waals surface area contributed by atoms with Gasteiger partial charge in [0, 0.05) is 13.1 Å². The Morgan fingerprint density at radius 1 is 1.55 bits per heavy atom. The molecule has 0 N–H and O–H groups in total. The van der Waals surface area contributed by atoms with Gasteiger partial charge in [-0.15, -0.1) is 6.42 Å². The molecule has 0 aromatic rings. The van der Waals surface area contributed by atoms with E-state index in [0.29, 0.717) is 6.42 Å². The molecule has 0 amide bonds. The van der Waals surface area contributed by atoms with E-state index in [0.717, 1.165) is 31.3 Å². The zero-order chi connectivity index (χ0) is 8.10. The quantitative estimate of drug-likeness (QED) is 0.423. The summed E-state index contributed by atoms with van der Waals surface area (Å²) < 4.78 is 5.18. The Labute approximate surface area is 72.5 Å². The molecule has 60 valence electrons. The molecule has 0 aliphatic carbocycles. The minimum absolute atomic E-state index is 0.579. The van der Waals surface area contributed by atoms with Crippen molar-refractivity contribution < 1.29 is 4.74 Å². The summed E-state index contributed by atoms with van der Waals surface area (Å²) in [5, 5.41) is 0. The molecule has 0 aromatic carbocycles. The van der Waals surface area contributed by atoms with Crippen LogP contribution in [0.4, 0.5) is 0 Å². The average Bonchev–Trinajstić information content (AvgIpc) is 2.07. The van der Waals surface area contributed by atoms with Crippen molar-refractivity contribution in [1.82, 2.24) is 4.90 Å². The van der Waals surface area contributed by atoms with Crippen molar-refractivity contribution in [2.24, 2.45) is 0 Å². The third-order valence-corrected chi connectivity index (χ3v) is 2.02. The second kappa shape index (κ2) is 4.32. The summed E-state index contributed by atoms with van der Waals surface area (Å²) in [5.74, 6) is 2.54. The summed E-state index contributed by atoms with van der Waals surface area (Å²) in [6, 6.07) is 0. The topological polar surface area (TPSA) is 12.5 Å². The lowest BCUT2D eigenvalue weighted by atomic mass is 10.3. The van der Waals surface area contributed by atoms with E-state index in [1.165, 1.54) is 0 Å². The maximum Gasteiger partial charge on any atom is 0.0901 e. The van der Waals surface area contributed by atoms with Crippen molar-refractivity contribution >= 4 is 17.2 Å². The molecule has 0 bridgehead atoms. The summed E-state index contributed by atoms with van der Waals surface area (Å²) >= 11 is 5.10. The molecule has 0 aromatic heterocycles. The van der Waals surface area contributed by atoms with Crippen molar-refractivity contribution in [1.29, 1.82) is 0 Å². The molecule has 0 unspecified atom stereocenters. The minimum atomic E-state index is 0.579. The van der Waals surface area contributed by atoms with Gasteiger partial charge in [0.25, 0.3) is 0 Å². The Bertz CT molecular complexity index is 179. The molecule has 0 radical (unpaired) electrons. The van der Waals surface area contributed by atoms with Crippen LogP contribution in [0.25, 0.3) is 0 Å². The first kappa shape index (κ1) is 8.51. The Morgan fingerprint density at radius 3 is 2.73 bits per heavy atom. The summed E-state index contributed by atoms with van der Waals surface area (Å²) in [4.78, 5) is 2.98. The second-order valence-corrected chi connectivity index (χ2v) is 2.85. The van der Waals surface area contributed by atoms with Crippen LogP contribution >= 0.6 is 12.2 Å². The molecule has 1 saturated heterocycles. The smallest absolute Gasteiger partial charge is 0.0901 e. The van der Waals surface area contributed by atoms with E-state index >= 15 is 0 Å². The van der Waals surface area contributed by atoms with Gasteiger partial charge in [0.1, 0.15) is 0 Å². The third kappa shape index (κ3) is 2.49. The standard InChI is InChI=1S/C8H11NOS/c1-2-3-8(11)9-4-6-10-7-5-9/h1H,3-7H2. The highest BCUT2D eigenvalue weighted by atomic mass is 32.1. The van der Waals surface area contributed by atoms with Gasteiger partial charge in [-0.25, -0.2) is 0 Å². The van der Waals surface area contributed by atoms with Gasteiger partial charge in [0.2, 0.25) is 0 Å². The first-order chi connectivity index (χ1) is 5.34. The van der Waals surface area contributed by atoms with Gasteiger partial charge in [-0.05, 0) is 0 Å². The highest BCUT2D eigenvalue weighted by molar-refractivity contribution is 7.80. The van der Waals surface area contributed by atoms with Gasteiger partial charge < -0.3 is 9.64 Å². The lowest BCUT2D eigenvalue weighted by molar-refractivity contribution is 0.0686. The zero-order valence-electron chi connectivity index (χ0n) is 6.38. The number of nitrogens with zero attached hydrogens (tertiary/aromatic N) is 1. The van der Waals surface area contributed by atoms with Crippen LogP contribution in [0.5, 0.6) is 0 Å². The number of ether oxygens (including phenoxy) is 1. The van der Waals surface area contributed by atoms with E-state index < -0.39 is 0 Å². The summed E-state index contributed by atoms with van der Waals surface area (Å²) in [6.45, 7) is 3.32. The highest BCUT2D eigenvalue weighted by Crippen LogP contribution is 2.00. The fourth-order valence-corrected chi connectivity index (χ4v) is 1.28. The molecular formula is C8H11NOS. The summed E-state index contributed by atoms with van der Waals surface area (Å²) in [5.41, 5.74) is 0. The van der Waals surface area contributed by atoms with Crippen molar-refractivity contribution in [3.8, 4) is 12.3 Å². The van der Waals surface area contributed by atoms with E-state index in [-0.39, 0.29) is 0 Å². The Balaban J connectivity index is 2.34. The van der Waals surface area contributed by atoms with Crippen LogP contribution in [0, 0.1) is 12.3 Å². The van der Waals surface area contributed by atoms with E-state index in [9.17, 15) is 0 Å². The number of hydrogen-bond acceptors (Lipinski definition) is 2. The van der Waals surface area contributed by atoms with E-state index in [1.54, 1.807) is 0 Å². The van der Waals surface area contributed by atoms with Crippen LogP contribution in [0.15, 0.2) is 0 Å².